The molecule has 1 amide bonds. The molecule has 15 heavy (non-hydrogen) atoms. The lowest BCUT2D eigenvalue weighted by Crippen LogP contribution is -2.37. The van der Waals surface area contributed by atoms with Gasteiger partial charge in [0, 0.05) is 13.1 Å². The van der Waals surface area contributed by atoms with E-state index >= 15 is 0 Å². The second-order valence-electron chi connectivity index (χ2n) is 3.68. The topological polar surface area (TPSA) is 71.8 Å². The first-order valence-electron chi connectivity index (χ1n) is 4.92. The zero-order chi connectivity index (χ0) is 11.3. The maximum absolute atomic E-state index is 11.3. The highest BCUT2D eigenvalue weighted by atomic mass is 16.1. The average molecular weight is 211 g/mol. The number of nitrogens with zero attached hydrogens (tertiary/aromatic N) is 3. The Bertz CT molecular complexity index is 320. The van der Waals surface area contributed by atoms with Gasteiger partial charge in [0.15, 0.2) is 0 Å². The molecular weight excluding hydrogens is 194 g/mol. The fourth-order valence-corrected chi connectivity index (χ4v) is 1.13. The van der Waals surface area contributed by atoms with Gasteiger partial charge in [-0.15, -0.1) is 10.2 Å². The van der Waals surface area contributed by atoms with Crippen molar-refractivity contribution in [3.8, 4) is 0 Å². The van der Waals surface area contributed by atoms with E-state index in [9.17, 15) is 4.79 Å². The molecule has 0 bridgehead atoms. The molecule has 0 saturated heterocycles. The second kappa shape index (κ2) is 5.45. The Morgan fingerprint density at radius 2 is 2.33 bits per heavy atom. The second-order valence-corrected chi connectivity index (χ2v) is 3.68. The summed E-state index contributed by atoms with van der Waals surface area (Å²) >= 11 is 0. The Labute approximate surface area is 89.1 Å². The molecule has 0 atom stereocenters. The normalized spacial score (nSPS) is 10.7. The van der Waals surface area contributed by atoms with E-state index < -0.39 is 0 Å². The van der Waals surface area contributed by atoms with Crippen molar-refractivity contribution in [3.05, 3.63) is 12.2 Å². The van der Waals surface area contributed by atoms with E-state index in [0.717, 1.165) is 5.82 Å². The Kier molecular flexibility index (Phi) is 4.23. The zero-order valence-corrected chi connectivity index (χ0v) is 9.32. The molecule has 1 aromatic heterocycles. The van der Waals surface area contributed by atoms with Crippen molar-refractivity contribution in [1.82, 2.24) is 25.4 Å². The third-order valence-corrected chi connectivity index (χ3v) is 1.82. The first-order chi connectivity index (χ1) is 7.09. The van der Waals surface area contributed by atoms with Crippen LogP contribution in [0.1, 0.15) is 19.7 Å². The van der Waals surface area contributed by atoms with Crippen molar-refractivity contribution in [2.75, 3.05) is 6.54 Å². The minimum Gasteiger partial charge on any atom is -0.353 e. The first kappa shape index (κ1) is 11.6. The summed E-state index contributed by atoms with van der Waals surface area (Å²) in [5.41, 5.74) is 0. The van der Waals surface area contributed by atoms with E-state index in [2.05, 4.69) is 20.8 Å². The van der Waals surface area contributed by atoms with Crippen LogP contribution in [0.4, 0.5) is 0 Å². The summed E-state index contributed by atoms with van der Waals surface area (Å²) in [5.74, 6) is 0.805. The van der Waals surface area contributed by atoms with E-state index in [1.54, 1.807) is 6.33 Å². The maximum Gasteiger partial charge on any atom is 0.234 e. The minimum atomic E-state index is -0.00725. The Morgan fingerprint density at radius 1 is 1.60 bits per heavy atom. The predicted molar refractivity (Wildman–Crippen MR) is 56.0 cm³/mol. The Balaban J connectivity index is 2.22. The number of rotatable bonds is 5. The van der Waals surface area contributed by atoms with E-state index in [1.807, 2.05) is 25.5 Å². The maximum atomic E-state index is 11.3. The first-order valence-corrected chi connectivity index (χ1v) is 4.92. The standard InChI is InChI=1S/C9H17N5O/c1-7(2)12-9(15)5-10-4-8-13-11-6-14(8)3/h6-7,10H,4-5H2,1-3H3,(H,12,15). The van der Waals surface area contributed by atoms with Crippen molar-refractivity contribution in [3.63, 3.8) is 0 Å². The van der Waals surface area contributed by atoms with Gasteiger partial charge in [0.2, 0.25) is 5.91 Å². The van der Waals surface area contributed by atoms with E-state index in [-0.39, 0.29) is 11.9 Å². The van der Waals surface area contributed by atoms with Crippen molar-refractivity contribution in [1.29, 1.82) is 0 Å². The summed E-state index contributed by atoms with van der Waals surface area (Å²) in [6.07, 6.45) is 1.63. The third kappa shape index (κ3) is 4.07. The summed E-state index contributed by atoms with van der Waals surface area (Å²) in [4.78, 5) is 11.3. The molecular formula is C9H17N5O. The van der Waals surface area contributed by atoms with Crippen molar-refractivity contribution in [2.45, 2.75) is 26.4 Å². The van der Waals surface area contributed by atoms with Gasteiger partial charge in [0.25, 0.3) is 0 Å². The molecule has 2 N–H and O–H groups in total. The molecule has 0 aliphatic heterocycles. The van der Waals surface area contributed by atoms with E-state index in [1.165, 1.54) is 0 Å². The fourth-order valence-electron chi connectivity index (χ4n) is 1.13. The molecule has 6 nitrogen and oxygen atoms in total. The molecule has 0 aliphatic rings. The van der Waals surface area contributed by atoms with Crippen molar-refractivity contribution >= 4 is 5.91 Å². The van der Waals surface area contributed by atoms with Crippen LogP contribution < -0.4 is 10.6 Å². The molecule has 1 rings (SSSR count). The van der Waals surface area contributed by atoms with Gasteiger partial charge in [-0.1, -0.05) is 0 Å². The van der Waals surface area contributed by atoms with Crippen LogP contribution in [0.5, 0.6) is 0 Å². The number of hydrogen-bond acceptors (Lipinski definition) is 4. The van der Waals surface area contributed by atoms with Gasteiger partial charge in [-0.25, -0.2) is 0 Å². The van der Waals surface area contributed by atoms with Gasteiger partial charge in [-0.2, -0.15) is 0 Å². The number of carbonyl (C=O) groups is 1. The van der Waals surface area contributed by atoms with Crippen LogP contribution >= 0.6 is 0 Å². The zero-order valence-electron chi connectivity index (χ0n) is 9.32. The molecule has 0 spiro atoms. The van der Waals surface area contributed by atoms with E-state index in [0.29, 0.717) is 13.1 Å². The van der Waals surface area contributed by atoms with Crippen LogP contribution in [0.2, 0.25) is 0 Å². The lowest BCUT2D eigenvalue weighted by Gasteiger charge is -2.08. The number of hydrogen-bond donors (Lipinski definition) is 2. The molecule has 0 aromatic carbocycles. The summed E-state index contributed by atoms with van der Waals surface area (Å²) < 4.78 is 1.81. The molecule has 0 fully saturated rings. The van der Waals surface area contributed by atoms with Gasteiger partial charge in [0.05, 0.1) is 13.1 Å². The summed E-state index contributed by atoms with van der Waals surface area (Å²) in [7, 11) is 1.87. The van der Waals surface area contributed by atoms with Gasteiger partial charge in [-0.05, 0) is 13.8 Å². The van der Waals surface area contributed by atoms with Crippen LogP contribution in [0, 0.1) is 0 Å². The molecule has 0 saturated carbocycles. The smallest absolute Gasteiger partial charge is 0.234 e. The highest BCUT2D eigenvalue weighted by molar-refractivity contribution is 5.78. The molecule has 84 valence electrons. The largest absolute Gasteiger partial charge is 0.353 e. The Hall–Kier alpha value is -1.43. The van der Waals surface area contributed by atoms with Gasteiger partial charge < -0.3 is 15.2 Å². The van der Waals surface area contributed by atoms with Crippen LogP contribution in [0.3, 0.4) is 0 Å². The van der Waals surface area contributed by atoms with Crippen LogP contribution in [0.25, 0.3) is 0 Å². The van der Waals surface area contributed by atoms with Crippen molar-refractivity contribution in [2.24, 2.45) is 7.05 Å². The van der Waals surface area contributed by atoms with Gasteiger partial charge in [0.1, 0.15) is 12.2 Å². The number of nitrogens with one attached hydrogen (secondary N) is 2. The number of amides is 1. The molecule has 0 radical (unpaired) electrons. The molecule has 1 aromatic rings. The van der Waals surface area contributed by atoms with Crippen LogP contribution in [-0.4, -0.2) is 33.3 Å². The monoisotopic (exact) mass is 211 g/mol. The lowest BCUT2D eigenvalue weighted by molar-refractivity contribution is -0.120. The quantitative estimate of drug-likeness (QED) is 0.684. The average Bonchev–Trinajstić information content (AvgIpc) is 2.50. The molecule has 0 aliphatic carbocycles. The lowest BCUT2D eigenvalue weighted by atomic mass is 10.4. The molecule has 6 heteroatoms. The number of aryl methyl sites for hydroxylation is 1. The molecule has 0 unspecified atom stereocenters. The minimum absolute atomic E-state index is 0.00725. The highest BCUT2D eigenvalue weighted by Crippen LogP contribution is 1.89. The van der Waals surface area contributed by atoms with Gasteiger partial charge >= 0.3 is 0 Å². The Morgan fingerprint density at radius 3 is 2.87 bits per heavy atom. The summed E-state index contributed by atoms with van der Waals surface area (Å²) in [5, 5.41) is 13.4. The molecule has 1 heterocycles. The van der Waals surface area contributed by atoms with Gasteiger partial charge in [-0.3, -0.25) is 4.79 Å². The SMILES string of the molecule is CC(C)NC(=O)CNCc1nncn1C. The van der Waals surface area contributed by atoms with E-state index in [4.69, 9.17) is 0 Å². The van der Waals surface area contributed by atoms with Crippen LogP contribution in [0.15, 0.2) is 6.33 Å². The highest BCUT2D eigenvalue weighted by Gasteiger charge is 2.04. The summed E-state index contributed by atoms with van der Waals surface area (Å²) in [6, 6.07) is 0.175. The third-order valence-electron chi connectivity index (χ3n) is 1.82. The van der Waals surface area contributed by atoms with Crippen LogP contribution in [-0.2, 0) is 18.4 Å². The predicted octanol–water partition coefficient (Wildman–Crippen LogP) is -0.571. The van der Waals surface area contributed by atoms with Crippen molar-refractivity contribution < 1.29 is 4.79 Å². The summed E-state index contributed by atoms with van der Waals surface area (Å²) in [6.45, 7) is 4.70. The number of carbonyl (C=O) groups excluding carboxylic acids is 1. The fraction of sp³-hybridized carbons (Fsp3) is 0.667. The number of aromatic nitrogens is 3.